The van der Waals surface area contributed by atoms with Crippen molar-refractivity contribution >= 4 is 36.3 Å². The maximum absolute atomic E-state index is 12.8. The number of carbonyl (C=O) groups excluding carboxylic acids is 2. The zero-order valence-corrected chi connectivity index (χ0v) is 23.8. The molecule has 2 aliphatic rings. The van der Waals surface area contributed by atoms with E-state index in [9.17, 15) is 14.2 Å². The number of aromatic nitrogens is 2. The molecule has 1 fully saturated rings. The number of aryl methyl sites for hydroxylation is 1. The first-order valence-electron chi connectivity index (χ1n) is 13.2. The van der Waals surface area contributed by atoms with Crippen molar-refractivity contribution in [1.29, 1.82) is 0 Å². The molecule has 0 bridgehead atoms. The molecule has 216 valence electrons. The van der Waals surface area contributed by atoms with Crippen LogP contribution in [0.25, 0.3) is 10.9 Å². The summed E-state index contributed by atoms with van der Waals surface area (Å²) in [6, 6.07) is 10.8. The van der Waals surface area contributed by atoms with Crippen molar-refractivity contribution in [2.75, 3.05) is 37.8 Å². The van der Waals surface area contributed by atoms with Gasteiger partial charge < -0.3 is 35.8 Å². The summed E-state index contributed by atoms with van der Waals surface area (Å²) in [6.45, 7) is 11.1. The van der Waals surface area contributed by atoms with E-state index >= 15 is 0 Å². The second-order valence-electron chi connectivity index (χ2n) is 10.9. The average Bonchev–Trinajstić information content (AvgIpc) is 3.52. The number of ether oxygens (including phenoxy) is 1. The van der Waals surface area contributed by atoms with Gasteiger partial charge in [0.05, 0.1) is 23.4 Å². The number of benzene rings is 2. The molecule has 0 saturated carbocycles. The maximum Gasteiger partial charge on any atom is 0.435 e. The normalized spacial score (nSPS) is 17.0. The number of hydrogen-bond donors (Lipinski definition) is 6. The summed E-state index contributed by atoms with van der Waals surface area (Å²) in [7, 11) is -4.51. The molecule has 12 nitrogen and oxygen atoms in total. The lowest BCUT2D eigenvalue weighted by Gasteiger charge is -2.21. The Kier molecular flexibility index (Phi) is 9.27. The molecule has 2 amide bonds. The van der Waals surface area contributed by atoms with Crippen molar-refractivity contribution < 1.29 is 28.7 Å². The van der Waals surface area contributed by atoms with E-state index in [1.807, 2.05) is 0 Å². The molecule has 1 aliphatic carbocycles. The van der Waals surface area contributed by atoms with Crippen LogP contribution in [0.4, 0.5) is 15.3 Å². The molecular weight excluding hydrogens is 535 g/mol. The standard InChI is InChI=1S/C23H27N4O6P.C4H10N2/c1-23(2,3)15-8-9-16-14(11-15)7-10-19(16)26-21(28)25-18-5-4-6-20-17(18)12-24-27(20)22(29)33-13-34(30,31)32;1-2-6-4-3-5-1/h4-6,8-9,11-12,19H,7,10,13H2,1-3H3,(H2,25,26,28)(H2,30,31,32);5-6H,1-4H2/t19-;/m1./s1. The van der Waals surface area contributed by atoms with Gasteiger partial charge in [-0.25, -0.2) is 9.59 Å². The lowest BCUT2D eigenvalue weighted by molar-refractivity contribution is 0.155. The van der Waals surface area contributed by atoms with E-state index in [1.54, 1.807) is 18.2 Å². The summed E-state index contributed by atoms with van der Waals surface area (Å²) < 4.78 is 16.5. The first kappa shape index (κ1) is 29.7. The van der Waals surface area contributed by atoms with E-state index in [2.05, 4.69) is 70.1 Å². The first-order chi connectivity index (χ1) is 18.9. The summed E-state index contributed by atoms with van der Waals surface area (Å²) in [5, 5.41) is 16.7. The Morgan fingerprint density at radius 2 is 1.82 bits per heavy atom. The van der Waals surface area contributed by atoms with Crippen LogP contribution >= 0.6 is 7.60 Å². The van der Waals surface area contributed by atoms with Gasteiger partial charge in [0, 0.05) is 31.6 Å². The molecular formula is C27H37N6O6P. The molecule has 0 unspecified atom stereocenters. The van der Waals surface area contributed by atoms with Gasteiger partial charge in [-0.15, -0.1) is 0 Å². The topological polar surface area (TPSA) is 167 Å². The van der Waals surface area contributed by atoms with Gasteiger partial charge in [-0.1, -0.05) is 45.0 Å². The first-order valence-corrected chi connectivity index (χ1v) is 15.0. The second-order valence-corrected chi connectivity index (χ2v) is 12.4. The van der Waals surface area contributed by atoms with E-state index in [4.69, 9.17) is 9.79 Å². The van der Waals surface area contributed by atoms with Crippen LogP contribution in [0.3, 0.4) is 0 Å². The van der Waals surface area contributed by atoms with Crippen molar-refractivity contribution in [3.05, 3.63) is 59.3 Å². The summed E-state index contributed by atoms with van der Waals surface area (Å²) in [5.41, 5.74) is 4.44. The Hall–Kier alpha value is -3.28. The molecule has 0 spiro atoms. The van der Waals surface area contributed by atoms with Crippen LogP contribution in [0.15, 0.2) is 42.6 Å². The number of hydrogen-bond acceptors (Lipinski definition) is 7. The predicted molar refractivity (Wildman–Crippen MR) is 153 cm³/mol. The molecule has 1 atom stereocenters. The quantitative estimate of drug-likeness (QED) is 0.257. The lowest BCUT2D eigenvalue weighted by atomic mass is 9.85. The highest BCUT2D eigenvalue weighted by Gasteiger charge is 2.26. The highest BCUT2D eigenvalue weighted by atomic mass is 31.2. The van der Waals surface area contributed by atoms with Crippen molar-refractivity contribution in [3.8, 4) is 0 Å². The van der Waals surface area contributed by atoms with Gasteiger partial charge in [-0.2, -0.15) is 9.78 Å². The number of urea groups is 1. The van der Waals surface area contributed by atoms with Crippen LogP contribution in [0.1, 0.15) is 49.9 Å². The third-order valence-corrected chi connectivity index (χ3v) is 7.21. The SMILES string of the molecule is C1CNCCN1.CC(C)(C)c1ccc2c(c1)CC[C@H]2NC(=O)Nc1cccc2c1cnn2C(=O)OCP(=O)(O)O. The Morgan fingerprint density at radius 3 is 2.45 bits per heavy atom. The third-order valence-electron chi connectivity index (χ3n) is 6.74. The number of carbonyl (C=O) groups is 2. The van der Waals surface area contributed by atoms with Gasteiger partial charge in [-0.3, -0.25) is 4.57 Å². The number of nitrogens with one attached hydrogen (secondary N) is 4. The molecule has 1 aromatic heterocycles. The summed E-state index contributed by atoms with van der Waals surface area (Å²) in [6.07, 6.45) is 1.00. The fraction of sp³-hybridized carbons (Fsp3) is 0.444. The molecule has 2 heterocycles. The minimum atomic E-state index is -4.51. The van der Waals surface area contributed by atoms with Crippen molar-refractivity contribution in [2.45, 2.75) is 45.1 Å². The molecule has 5 rings (SSSR count). The largest absolute Gasteiger partial charge is 0.435 e. The predicted octanol–water partition coefficient (Wildman–Crippen LogP) is 3.44. The maximum atomic E-state index is 12.8. The van der Waals surface area contributed by atoms with Crippen LogP contribution < -0.4 is 21.3 Å². The van der Waals surface area contributed by atoms with Gasteiger partial charge in [0.25, 0.3) is 0 Å². The number of amides is 2. The van der Waals surface area contributed by atoms with Crippen molar-refractivity contribution in [3.63, 3.8) is 0 Å². The fourth-order valence-corrected chi connectivity index (χ4v) is 4.94. The number of fused-ring (bicyclic) bond motifs is 2. The minimum Gasteiger partial charge on any atom is -0.435 e. The molecule has 40 heavy (non-hydrogen) atoms. The highest BCUT2D eigenvalue weighted by molar-refractivity contribution is 7.51. The van der Waals surface area contributed by atoms with Crippen LogP contribution in [-0.4, -0.2) is 64.2 Å². The van der Waals surface area contributed by atoms with Gasteiger partial charge in [0.15, 0.2) is 6.35 Å². The summed E-state index contributed by atoms with van der Waals surface area (Å²) in [4.78, 5) is 42.7. The number of anilines is 1. The van der Waals surface area contributed by atoms with Crippen LogP contribution in [0.5, 0.6) is 0 Å². The average molecular weight is 573 g/mol. The molecule has 1 aliphatic heterocycles. The van der Waals surface area contributed by atoms with E-state index < -0.39 is 20.0 Å². The lowest BCUT2D eigenvalue weighted by Crippen LogP contribution is -2.39. The number of piperazine rings is 1. The summed E-state index contributed by atoms with van der Waals surface area (Å²) >= 11 is 0. The van der Waals surface area contributed by atoms with Crippen LogP contribution in [-0.2, 0) is 21.1 Å². The zero-order chi connectivity index (χ0) is 28.9. The Bertz CT molecular complexity index is 1400. The third kappa shape index (κ3) is 7.67. The second kappa shape index (κ2) is 12.5. The number of nitrogens with zero attached hydrogens (tertiary/aromatic N) is 2. The minimum absolute atomic E-state index is 0.0588. The summed E-state index contributed by atoms with van der Waals surface area (Å²) in [5.74, 6) is 0. The van der Waals surface area contributed by atoms with Gasteiger partial charge in [0.2, 0.25) is 0 Å². The molecule has 13 heteroatoms. The molecule has 2 aromatic carbocycles. The highest BCUT2D eigenvalue weighted by Crippen LogP contribution is 2.35. The van der Waals surface area contributed by atoms with E-state index in [1.165, 1.54) is 17.3 Å². The van der Waals surface area contributed by atoms with E-state index in [-0.39, 0.29) is 17.5 Å². The molecule has 6 N–H and O–H groups in total. The van der Waals surface area contributed by atoms with Gasteiger partial charge in [0.1, 0.15) is 0 Å². The van der Waals surface area contributed by atoms with Crippen LogP contribution in [0.2, 0.25) is 0 Å². The molecule has 0 radical (unpaired) electrons. The molecule has 1 saturated heterocycles. The van der Waals surface area contributed by atoms with Crippen molar-refractivity contribution in [1.82, 2.24) is 25.7 Å². The van der Waals surface area contributed by atoms with E-state index in [0.29, 0.717) is 16.6 Å². The monoisotopic (exact) mass is 572 g/mol. The van der Waals surface area contributed by atoms with Gasteiger partial charge >= 0.3 is 19.7 Å². The van der Waals surface area contributed by atoms with Crippen LogP contribution in [0, 0.1) is 0 Å². The Balaban J connectivity index is 0.000000546. The van der Waals surface area contributed by atoms with Gasteiger partial charge in [-0.05, 0) is 47.1 Å². The number of rotatable bonds is 4. The smallest absolute Gasteiger partial charge is 0.435 e. The fourth-order valence-electron chi connectivity index (χ4n) is 4.66. The zero-order valence-electron chi connectivity index (χ0n) is 22.9. The van der Waals surface area contributed by atoms with E-state index in [0.717, 1.165) is 49.3 Å². The Morgan fingerprint density at radius 1 is 1.12 bits per heavy atom. The van der Waals surface area contributed by atoms with Crippen molar-refractivity contribution in [2.24, 2.45) is 0 Å². The molecule has 3 aromatic rings. The Labute approximate surface area is 233 Å².